The molecule has 0 spiro atoms. The SMILES string of the molecule is Cc1cc(C(=O)C2COCC2N)ccc1F. The lowest BCUT2D eigenvalue weighted by molar-refractivity contribution is 0.0896. The van der Waals surface area contributed by atoms with Crippen LogP contribution in [0.15, 0.2) is 18.2 Å². The van der Waals surface area contributed by atoms with Crippen LogP contribution in [0.5, 0.6) is 0 Å². The molecule has 0 aliphatic carbocycles. The molecule has 3 nitrogen and oxygen atoms in total. The number of carbonyl (C=O) groups excluding carboxylic acids is 1. The summed E-state index contributed by atoms with van der Waals surface area (Å²) < 4.78 is 18.2. The second kappa shape index (κ2) is 4.31. The number of hydrogen-bond donors (Lipinski definition) is 1. The zero-order valence-corrected chi connectivity index (χ0v) is 9.07. The average Bonchev–Trinajstić information content (AvgIpc) is 2.67. The summed E-state index contributed by atoms with van der Waals surface area (Å²) in [6, 6.07) is 4.11. The van der Waals surface area contributed by atoms with Crippen LogP contribution in [-0.2, 0) is 4.74 Å². The van der Waals surface area contributed by atoms with Gasteiger partial charge in [-0.2, -0.15) is 0 Å². The monoisotopic (exact) mass is 223 g/mol. The molecule has 2 atom stereocenters. The molecule has 16 heavy (non-hydrogen) atoms. The van der Waals surface area contributed by atoms with Gasteiger partial charge in [0.05, 0.1) is 19.1 Å². The Kier molecular flexibility index (Phi) is 3.03. The average molecular weight is 223 g/mol. The van der Waals surface area contributed by atoms with Crippen molar-refractivity contribution in [2.45, 2.75) is 13.0 Å². The number of nitrogens with two attached hydrogens (primary N) is 1. The molecule has 1 aliphatic rings. The van der Waals surface area contributed by atoms with Gasteiger partial charge in [0.2, 0.25) is 0 Å². The maximum Gasteiger partial charge on any atom is 0.169 e. The smallest absolute Gasteiger partial charge is 0.169 e. The number of ketones is 1. The van der Waals surface area contributed by atoms with Crippen LogP contribution in [0.3, 0.4) is 0 Å². The van der Waals surface area contributed by atoms with E-state index < -0.39 is 0 Å². The van der Waals surface area contributed by atoms with Crippen molar-refractivity contribution in [3.63, 3.8) is 0 Å². The molecule has 0 aromatic heterocycles. The second-order valence-electron chi connectivity index (χ2n) is 4.14. The van der Waals surface area contributed by atoms with Crippen LogP contribution in [0.4, 0.5) is 4.39 Å². The van der Waals surface area contributed by atoms with Gasteiger partial charge in [-0.15, -0.1) is 0 Å². The van der Waals surface area contributed by atoms with E-state index >= 15 is 0 Å². The maximum absolute atomic E-state index is 13.1. The first-order valence-electron chi connectivity index (χ1n) is 5.23. The normalized spacial score (nSPS) is 24.7. The molecule has 1 fully saturated rings. The van der Waals surface area contributed by atoms with Crippen molar-refractivity contribution in [3.05, 3.63) is 35.1 Å². The Balaban J connectivity index is 2.23. The summed E-state index contributed by atoms with van der Waals surface area (Å²) in [6.07, 6.45) is 0. The van der Waals surface area contributed by atoms with Gasteiger partial charge < -0.3 is 10.5 Å². The van der Waals surface area contributed by atoms with Crippen LogP contribution in [0, 0.1) is 18.7 Å². The standard InChI is InChI=1S/C12H14FNO2/c1-7-4-8(2-3-10(7)13)12(15)9-5-16-6-11(9)14/h2-4,9,11H,5-6,14H2,1H3. The van der Waals surface area contributed by atoms with E-state index in [1.54, 1.807) is 13.0 Å². The van der Waals surface area contributed by atoms with E-state index in [1.165, 1.54) is 12.1 Å². The number of hydrogen-bond acceptors (Lipinski definition) is 3. The highest BCUT2D eigenvalue weighted by Gasteiger charge is 2.31. The van der Waals surface area contributed by atoms with E-state index in [9.17, 15) is 9.18 Å². The topological polar surface area (TPSA) is 52.3 Å². The van der Waals surface area contributed by atoms with E-state index in [-0.39, 0.29) is 23.6 Å². The Bertz CT molecular complexity index is 419. The Morgan fingerprint density at radius 1 is 1.50 bits per heavy atom. The molecule has 0 radical (unpaired) electrons. The molecule has 1 saturated heterocycles. The van der Waals surface area contributed by atoms with Gasteiger partial charge >= 0.3 is 0 Å². The minimum Gasteiger partial charge on any atom is -0.379 e. The largest absolute Gasteiger partial charge is 0.379 e. The Hall–Kier alpha value is -1.26. The third-order valence-corrected chi connectivity index (χ3v) is 2.90. The zero-order valence-electron chi connectivity index (χ0n) is 9.07. The van der Waals surface area contributed by atoms with Crippen molar-refractivity contribution in [3.8, 4) is 0 Å². The summed E-state index contributed by atoms with van der Waals surface area (Å²) in [7, 11) is 0. The van der Waals surface area contributed by atoms with E-state index in [0.717, 1.165) is 0 Å². The predicted molar refractivity (Wildman–Crippen MR) is 57.8 cm³/mol. The first-order chi connectivity index (χ1) is 7.59. The Morgan fingerprint density at radius 3 is 2.81 bits per heavy atom. The Labute approximate surface area is 93.4 Å². The molecular weight excluding hydrogens is 209 g/mol. The molecule has 2 rings (SSSR count). The summed E-state index contributed by atoms with van der Waals surface area (Å²) >= 11 is 0. The maximum atomic E-state index is 13.1. The molecule has 1 aliphatic heterocycles. The van der Waals surface area contributed by atoms with Gasteiger partial charge in [-0.05, 0) is 30.7 Å². The molecule has 0 saturated carbocycles. The number of rotatable bonds is 2. The third kappa shape index (κ3) is 1.99. The fourth-order valence-corrected chi connectivity index (χ4v) is 1.85. The Morgan fingerprint density at radius 2 is 2.25 bits per heavy atom. The summed E-state index contributed by atoms with van der Waals surface area (Å²) in [4.78, 5) is 12.0. The predicted octanol–water partition coefficient (Wildman–Crippen LogP) is 1.29. The second-order valence-corrected chi connectivity index (χ2v) is 4.14. The summed E-state index contributed by atoms with van der Waals surface area (Å²) in [5.74, 6) is -0.665. The molecule has 86 valence electrons. The number of aryl methyl sites for hydroxylation is 1. The highest BCUT2D eigenvalue weighted by molar-refractivity contribution is 5.98. The van der Waals surface area contributed by atoms with Gasteiger partial charge in [0.1, 0.15) is 5.82 Å². The number of Topliss-reactive ketones (excluding diaryl/α,β-unsaturated/α-hetero) is 1. The van der Waals surface area contributed by atoms with E-state index in [4.69, 9.17) is 10.5 Å². The molecule has 4 heteroatoms. The third-order valence-electron chi connectivity index (χ3n) is 2.90. The molecule has 2 N–H and O–H groups in total. The van der Waals surface area contributed by atoms with Gasteiger partial charge in [-0.3, -0.25) is 4.79 Å². The molecule has 0 amide bonds. The van der Waals surface area contributed by atoms with Gasteiger partial charge in [0.25, 0.3) is 0 Å². The zero-order chi connectivity index (χ0) is 11.7. The highest BCUT2D eigenvalue weighted by atomic mass is 19.1. The molecular formula is C12H14FNO2. The van der Waals surface area contributed by atoms with E-state index in [2.05, 4.69) is 0 Å². The molecule has 0 bridgehead atoms. The van der Waals surface area contributed by atoms with Gasteiger partial charge in [0, 0.05) is 11.6 Å². The van der Waals surface area contributed by atoms with Crippen LogP contribution >= 0.6 is 0 Å². The van der Waals surface area contributed by atoms with Crippen molar-refractivity contribution in [2.24, 2.45) is 11.7 Å². The van der Waals surface area contributed by atoms with Crippen LogP contribution in [0.25, 0.3) is 0 Å². The van der Waals surface area contributed by atoms with Crippen LogP contribution in [-0.4, -0.2) is 25.0 Å². The van der Waals surface area contributed by atoms with E-state index in [0.29, 0.717) is 24.3 Å². The lowest BCUT2D eigenvalue weighted by Crippen LogP contribution is -2.34. The minimum atomic E-state index is -0.302. The minimum absolute atomic E-state index is 0.0619. The van der Waals surface area contributed by atoms with Crippen molar-refractivity contribution in [2.75, 3.05) is 13.2 Å². The van der Waals surface area contributed by atoms with E-state index in [1.807, 2.05) is 0 Å². The molecule has 1 heterocycles. The summed E-state index contributed by atoms with van der Waals surface area (Å²) in [6.45, 7) is 2.41. The summed E-state index contributed by atoms with van der Waals surface area (Å²) in [5.41, 5.74) is 6.74. The number of carbonyl (C=O) groups is 1. The number of ether oxygens (including phenoxy) is 1. The van der Waals surface area contributed by atoms with Crippen molar-refractivity contribution in [1.82, 2.24) is 0 Å². The lowest BCUT2D eigenvalue weighted by Gasteiger charge is -2.12. The van der Waals surface area contributed by atoms with Crippen LogP contribution < -0.4 is 5.73 Å². The molecule has 1 aromatic rings. The van der Waals surface area contributed by atoms with Crippen molar-refractivity contribution >= 4 is 5.78 Å². The fourth-order valence-electron chi connectivity index (χ4n) is 1.85. The first kappa shape index (κ1) is 11.2. The fraction of sp³-hybridized carbons (Fsp3) is 0.417. The van der Waals surface area contributed by atoms with Gasteiger partial charge in [0.15, 0.2) is 5.78 Å². The molecule has 1 aromatic carbocycles. The van der Waals surface area contributed by atoms with Crippen molar-refractivity contribution < 1.29 is 13.9 Å². The number of benzene rings is 1. The van der Waals surface area contributed by atoms with Crippen molar-refractivity contribution in [1.29, 1.82) is 0 Å². The lowest BCUT2D eigenvalue weighted by atomic mass is 9.93. The van der Waals surface area contributed by atoms with Crippen LogP contribution in [0.2, 0.25) is 0 Å². The van der Waals surface area contributed by atoms with Crippen LogP contribution in [0.1, 0.15) is 15.9 Å². The van der Waals surface area contributed by atoms with Gasteiger partial charge in [-0.1, -0.05) is 0 Å². The summed E-state index contributed by atoms with van der Waals surface area (Å²) in [5, 5.41) is 0. The first-order valence-corrected chi connectivity index (χ1v) is 5.23. The molecule has 2 unspecified atom stereocenters. The number of halogens is 1. The quantitative estimate of drug-likeness (QED) is 0.769. The highest BCUT2D eigenvalue weighted by Crippen LogP contribution is 2.19. The van der Waals surface area contributed by atoms with Gasteiger partial charge in [-0.25, -0.2) is 4.39 Å².